The number of aliphatic hydroxyl groups excluding tert-OH is 1. The third kappa shape index (κ3) is 3.79. The Bertz CT molecular complexity index is 545. The molecule has 0 saturated carbocycles. The lowest BCUT2D eigenvalue weighted by molar-refractivity contribution is 0.220. The molecule has 20 heavy (non-hydrogen) atoms. The molecule has 108 valence electrons. The lowest BCUT2D eigenvalue weighted by Gasteiger charge is -2.17. The van der Waals surface area contributed by atoms with Crippen LogP contribution in [0.4, 0.5) is 0 Å². The molecule has 0 bridgehead atoms. The largest absolute Gasteiger partial charge is 0.396 e. The summed E-state index contributed by atoms with van der Waals surface area (Å²) in [5.74, 6) is 1.06. The number of hydrogen-bond donors (Lipinski definition) is 1. The highest BCUT2D eigenvalue weighted by molar-refractivity contribution is 6.33. The van der Waals surface area contributed by atoms with Gasteiger partial charge in [-0.25, -0.2) is 0 Å². The molecular weight excluding hydrogens is 278 g/mol. The SMILES string of the molecule is CCN(CCCO)Cc1noc(-c2ccccc2Cl)n1. The molecule has 1 heterocycles. The van der Waals surface area contributed by atoms with E-state index in [4.69, 9.17) is 21.2 Å². The number of rotatable bonds is 7. The van der Waals surface area contributed by atoms with E-state index in [0.717, 1.165) is 25.1 Å². The summed E-state index contributed by atoms with van der Waals surface area (Å²) in [4.78, 5) is 6.52. The summed E-state index contributed by atoms with van der Waals surface area (Å²) in [5, 5.41) is 13.4. The Kier molecular flexibility index (Phi) is 5.52. The lowest BCUT2D eigenvalue weighted by Crippen LogP contribution is -2.25. The number of benzene rings is 1. The molecule has 1 aromatic carbocycles. The van der Waals surface area contributed by atoms with E-state index in [1.165, 1.54) is 0 Å². The van der Waals surface area contributed by atoms with Gasteiger partial charge in [-0.2, -0.15) is 4.98 Å². The van der Waals surface area contributed by atoms with Crippen molar-refractivity contribution in [2.45, 2.75) is 19.9 Å². The van der Waals surface area contributed by atoms with Crippen molar-refractivity contribution in [1.29, 1.82) is 0 Å². The molecule has 0 radical (unpaired) electrons. The first kappa shape index (κ1) is 15.0. The summed E-state index contributed by atoms with van der Waals surface area (Å²) in [6, 6.07) is 7.38. The van der Waals surface area contributed by atoms with E-state index < -0.39 is 0 Å². The Labute approximate surface area is 123 Å². The summed E-state index contributed by atoms with van der Waals surface area (Å²) in [6.07, 6.45) is 0.739. The monoisotopic (exact) mass is 295 g/mol. The van der Waals surface area contributed by atoms with E-state index in [1.807, 2.05) is 18.2 Å². The van der Waals surface area contributed by atoms with Crippen LogP contribution in [-0.2, 0) is 6.54 Å². The van der Waals surface area contributed by atoms with Gasteiger partial charge in [0.15, 0.2) is 5.82 Å². The van der Waals surface area contributed by atoms with Crippen molar-refractivity contribution in [3.8, 4) is 11.5 Å². The Morgan fingerprint density at radius 1 is 1.35 bits per heavy atom. The number of aliphatic hydroxyl groups is 1. The highest BCUT2D eigenvalue weighted by Gasteiger charge is 2.13. The number of hydrogen-bond acceptors (Lipinski definition) is 5. The van der Waals surface area contributed by atoms with Gasteiger partial charge in [-0.05, 0) is 25.1 Å². The fraction of sp³-hybridized carbons (Fsp3) is 0.429. The van der Waals surface area contributed by atoms with E-state index >= 15 is 0 Å². The zero-order valence-corrected chi connectivity index (χ0v) is 12.2. The van der Waals surface area contributed by atoms with Gasteiger partial charge in [0.2, 0.25) is 0 Å². The summed E-state index contributed by atoms with van der Waals surface area (Å²) >= 11 is 6.10. The maximum atomic E-state index is 8.87. The maximum Gasteiger partial charge on any atom is 0.259 e. The fourth-order valence-corrected chi connectivity index (χ4v) is 2.12. The predicted octanol–water partition coefficient (Wildman–Crippen LogP) is 2.59. The normalized spacial score (nSPS) is 11.2. The predicted molar refractivity (Wildman–Crippen MR) is 77.4 cm³/mol. The van der Waals surface area contributed by atoms with Crippen molar-refractivity contribution >= 4 is 11.6 Å². The van der Waals surface area contributed by atoms with Crippen LogP contribution >= 0.6 is 11.6 Å². The van der Waals surface area contributed by atoms with Gasteiger partial charge in [0.25, 0.3) is 5.89 Å². The number of aromatic nitrogens is 2. The van der Waals surface area contributed by atoms with Gasteiger partial charge in [0.05, 0.1) is 17.1 Å². The Morgan fingerprint density at radius 3 is 2.85 bits per heavy atom. The number of halogens is 1. The molecule has 0 aliphatic rings. The van der Waals surface area contributed by atoms with Gasteiger partial charge >= 0.3 is 0 Å². The first-order valence-corrected chi connectivity index (χ1v) is 7.03. The Balaban J connectivity index is 2.07. The molecule has 1 aromatic heterocycles. The second kappa shape index (κ2) is 7.38. The minimum absolute atomic E-state index is 0.188. The van der Waals surface area contributed by atoms with Gasteiger partial charge in [0, 0.05) is 13.2 Å². The van der Waals surface area contributed by atoms with Gasteiger partial charge in [-0.15, -0.1) is 0 Å². The zero-order valence-electron chi connectivity index (χ0n) is 11.4. The minimum atomic E-state index is 0.188. The average molecular weight is 296 g/mol. The topological polar surface area (TPSA) is 62.4 Å². The van der Waals surface area contributed by atoms with Crippen LogP contribution in [0.25, 0.3) is 11.5 Å². The van der Waals surface area contributed by atoms with Crippen molar-refractivity contribution in [3.63, 3.8) is 0 Å². The Hall–Kier alpha value is -1.43. The van der Waals surface area contributed by atoms with Crippen molar-refractivity contribution < 1.29 is 9.63 Å². The van der Waals surface area contributed by atoms with E-state index in [1.54, 1.807) is 6.07 Å². The smallest absolute Gasteiger partial charge is 0.259 e. The van der Waals surface area contributed by atoms with Gasteiger partial charge in [-0.3, -0.25) is 4.90 Å². The van der Waals surface area contributed by atoms with E-state index in [0.29, 0.717) is 23.3 Å². The van der Waals surface area contributed by atoms with Crippen LogP contribution < -0.4 is 0 Å². The molecule has 2 aromatic rings. The highest BCUT2D eigenvalue weighted by Crippen LogP contribution is 2.25. The first-order valence-electron chi connectivity index (χ1n) is 6.65. The molecule has 2 rings (SSSR count). The van der Waals surface area contributed by atoms with Gasteiger partial charge < -0.3 is 9.63 Å². The molecule has 0 aliphatic carbocycles. The van der Waals surface area contributed by atoms with Crippen LogP contribution in [0, 0.1) is 0 Å². The van der Waals surface area contributed by atoms with E-state index in [2.05, 4.69) is 22.0 Å². The minimum Gasteiger partial charge on any atom is -0.396 e. The molecule has 0 aliphatic heterocycles. The van der Waals surface area contributed by atoms with Crippen LogP contribution in [0.5, 0.6) is 0 Å². The van der Waals surface area contributed by atoms with E-state index in [9.17, 15) is 0 Å². The standard InChI is InChI=1S/C14H18ClN3O2/c1-2-18(8-5-9-19)10-13-16-14(20-17-13)11-6-3-4-7-12(11)15/h3-4,6-7,19H,2,5,8-10H2,1H3. The summed E-state index contributed by atoms with van der Waals surface area (Å²) in [5.41, 5.74) is 0.742. The first-order chi connectivity index (χ1) is 9.74. The number of nitrogens with zero attached hydrogens (tertiary/aromatic N) is 3. The summed E-state index contributed by atoms with van der Waals surface area (Å²) in [6.45, 7) is 4.53. The van der Waals surface area contributed by atoms with E-state index in [-0.39, 0.29) is 6.61 Å². The van der Waals surface area contributed by atoms with Crippen LogP contribution in [0.1, 0.15) is 19.2 Å². The van der Waals surface area contributed by atoms with Crippen molar-refractivity contribution in [1.82, 2.24) is 15.0 Å². The van der Waals surface area contributed by atoms with Crippen molar-refractivity contribution in [2.75, 3.05) is 19.7 Å². The maximum absolute atomic E-state index is 8.87. The molecule has 0 fully saturated rings. The van der Waals surface area contributed by atoms with Crippen LogP contribution in [-0.4, -0.2) is 39.8 Å². The van der Waals surface area contributed by atoms with Crippen LogP contribution in [0.2, 0.25) is 5.02 Å². The lowest BCUT2D eigenvalue weighted by atomic mass is 10.2. The molecule has 0 amide bonds. The summed E-state index contributed by atoms with van der Waals surface area (Å²) < 4.78 is 5.26. The second-order valence-corrected chi connectivity index (χ2v) is 4.85. The Morgan fingerprint density at radius 2 is 2.15 bits per heavy atom. The van der Waals surface area contributed by atoms with Gasteiger partial charge in [-0.1, -0.05) is 35.8 Å². The molecule has 6 heteroatoms. The molecule has 0 unspecified atom stereocenters. The summed E-state index contributed by atoms with van der Waals surface area (Å²) in [7, 11) is 0. The van der Waals surface area contributed by atoms with Gasteiger partial charge in [0.1, 0.15) is 0 Å². The van der Waals surface area contributed by atoms with Crippen LogP contribution in [0.15, 0.2) is 28.8 Å². The zero-order chi connectivity index (χ0) is 14.4. The average Bonchev–Trinajstić information content (AvgIpc) is 2.92. The van der Waals surface area contributed by atoms with Crippen LogP contribution in [0.3, 0.4) is 0 Å². The second-order valence-electron chi connectivity index (χ2n) is 4.44. The molecule has 0 saturated heterocycles. The fourth-order valence-electron chi connectivity index (χ4n) is 1.91. The highest BCUT2D eigenvalue weighted by atomic mass is 35.5. The third-order valence-electron chi connectivity index (χ3n) is 3.02. The van der Waals surface area contributed by atoms with Crippen molar-refractivity contribution in [2.24, 2.45) is 0 Å². The molecular formula is C14H18ClN3O2. The molecule has 5 nitrogen and oxygen atoms in total. The molecule has 1 N–H and O–H groups in total. The quantitative estimate of drug-likeness (QED) is 0.850. The molecule has 0 atom stereocenters. The third-order valence-corrected chi connectivity index (χ3v) is 3.35. The van der Waals surface area contributed by atoms with Crippen molar-refractivity contribution in [3.05, 3.63) is 35.1 Å². The molecule has 0 spiro atoms.